The van der Waals surface area contributed by atoms with E-state index in [0.717, 1.165) is 12.1 Å². The Balaban J connectivity index is 1.93. The van der Waals surface area contributed by atoms with Gasteiger partial charge in [0.05, 0.1) is 11.1 Å². The molecule has 4 nitrogen and oxygen atoms in total. The zero-order valence-electron chi connectivity index (χ0n) is 12.9. The zero-order valence-corrected chi connectivity index (χ0v) is 12.9. The van der Waals surface area contributed by atoms with Crippen LogP contribution in [-0.2, 0) is 12.7 Å². The minimum atomic E-state index is -4.39. The molecule has 0 atom stereocenters. The Hall–Kier alpha value is -3.09. The Bertz CT molecular complexity index is 899. The van der Waals surface area contributed by atoms with Gasteiger partial charge in [0.15, 0.2) is 0 Å². The molecule has 0 radical (unpaired) electrons. The molecule has 3 rings (SSSR count). The smallest absolute Gasteiger partial charge is 0.416 e. The van der Waals surface area contributed by atoms with Crippen molar-refractivity contribution in [1.82, 2.24) is 9.55 Å². The monoisotopic (exact) mass is 346 g/mol. The van der Waals surface area contributed by atoms with E-state index in [0.29, 0.717) is 17.0 Å². The van der Waals surface area contributed by atoms with Crippen molar-refractivity contribution in [3.05, 3.63) is 77.6 Å². The van der Waals surface area contributed by atoms with Gasteiger partial charge in [-0.1, -0.05) is 30.3 Å². The first-order chi connectivity index (χ1) is 11.9. The van der Waals surface area contributed by atoms with Gasteiger partial charge >= 0.3 is 12.1 Å². The minimum Gasteiger partial charge on any atom is -0.478 e. The third-order valence-corrected chi connectivity index (χ3v) is 3.77. The number of rotatable bonds is 4. The quantitative estimate of drug-likeness (QED) is 0.766. The van der Waals surface area contributed by atoms with Crippen LogP contribution in [0.5, 0.6) is 0 Å². The molecule has 0 saturated carbocycles. The molecule has 128 valence electrons. The third kappa shape index (κ3) is 3.55. The molecule has 1 N–H and O–H groups in total. The summed E-state index contributed by atoms with van der Waals surface area (Å²) in [5.74, 6) is -0.569. The van der Waals surface area contributed by atoms with Crippen LogP contribution in [0.1, 0.15) is 21.5 Å². The number of carbonyl (C=O) groups is 1. The van der Waals surface area contributed by atoms with Crippen molar-refractivity contribution in [3.63, 3.8) is 0 Å². The Labute approximate surface area is 141 Å². The van der Waals surface area contributed by atoms with Gasteiger partial charge < -0.3 is 9.67 Å². The first-order valence-electron chi connectivity index (χ1n) is 7.36. The summed E-state index contributed by atoms with van der Waals surface area (Å²) in [5, 5.41) is 9.26. The predicted octanol–water partition coefficient (Wildman–Crippen LogP) is 4.32. The second kappa shape index (κ2) is 6.43. The van der Waals surface area contributed by atoms with Crippen LogP contribution in [-0.4, -0.2) is 20.6 Å². The summed E-state index contributed by atoms with van der Waals surface area (Å²) in [4.78, 5) is 15.5. The number of aromatic nitrogens is 2. The first kappa shape index (κ1) is 16.8. The molecule has 0 aliphatic carbocycles. The predicted molar refractivity (Wildman–Crippen MR) is 85.2 cm³/mol. The first-order valence-corrected chi connectivity index (χ1v) is 7.36. The number of halogens is 3. The maximum Gasteiger partial charge on any atom is 0.416 e. The number of hydrogen-bond donors (Lipinski definition) is 1. The number of carboxylic acid groups (broad SMARTS) is 1. The molecule has 3 aromatic rings. The molecule has 0 aliphatic heterocycles. The highest BCUT2D eigenvalue weighted by molar-refractivity contribution is 5.89. The van der Waals surface area contributed by atoms with Crippen LogP contribution < -0.4 is 0 Å². The van der Waals surface area contributed by atoms with E-state index in [1.165, 1.54) is 24.4 Å². The van der Waals surface area contributed by atoms with Crippen molar-refractivity contribution in [2.24, 2.45) is 0 Å². The molecular formula is C18H13F3N2O2. The number of benzene rings is 2. The van der Waals surface area contributed by atoms with Gasteiger partial charge in [0, 0.05) is 24.5 Å². The summed E-state index contributed by atoms with van der Waals surface area (Å²) >= 11 is 0. The molecule has 0 spiro atoms. The number of alkyl halides is 3. The summed E-state index contributed by atoms with van der Waals surface area (Å²) in [5.41, 5.74) is 0.548. The highest BCUT2D eigenvalue weighted by Gasteiger charge is 2.30. The van der Waals surface area contributed by atoms with Crippen molar-refractivity contribution in [2.75, 3.05) is 0 Å². The lowest BCUT2D eigenvalue weighted by atomic mass is 10.1. The highest BCUT2D eigenvalue weighted by Crippen LogP contribution is 2.30. The third-order valence-electron chi connectivity index (χ3n) is 3.77. The SMILES string of the molecule is O=C(O)c1ccccc1Cn1ccnc1-c1ccc(C(F)(F)F)cc1. The summed E-state index contributed by atoms with van der Waals surface area (Å²) < 4.78 is 39.7. The Morgan fingerprint density at radius 1 is 1.08 bits per heavy atom. The molecule has 0 saturated heterocycles. The minimum absolute atomic E-state index is 0.176. The van der Waals surface area contributed by atoms with E-state index >= 15 is 0 Å². The number of aromatic carboxylic acids is 1. The number of carboxylic acids is 1. The molecule has 2 aromatic carbocycles. The van der Waals surface area contributed by atoms with Crippen LogP contribution in [0.25, 0.3) is 11.4 Å². The average molecular weight is 346 g/mol. The zero-order chi connectivity index (χ0) is 18.0. The van der Waals surface area contributed by atoms with Crippen LogP contribution >= 0.6 is 0 Å². The van der Waals surface area contributed by atoms with E-state index in [1.807, 2.05) is 0 Å². The summed E-state index contributed by atoms with van der Waals surface area (Å²) in [6, 6.07) is 11.3. The Kier molecular flexibility index (Phi) is 4.31. The van der Waals surface area contributed by atoms with Gasteiger partial charge in [-0.25, -0.2) is 9.78 Å². The van der Waals surface area contributed by atoms with E-state index in [9.17, 15) is 23.1 Å². The van der Waals surface area contributed by atoms with Gasteiger partial charge in [0.1, 0.15) is 5.82 Å². The molecule has 1 aromatic heterocycles. The van der Waals surface area contributed by atoms with Crippen molar-refractivity contribution in [2.45, 2.75) is 12.7 Å². The molecule has 0 bridgehead atoms. The molecule has 25 heavy (non-hydrogen) atoms. The van der Waals surface area contributed by atoms with Crippen molar-refractivity contribution in [3.8, 4) is 11.4 Å². The molecule has 0 amide bonds. The van der Waals surface area contributed by atoms with E-state index < -0.39 is 17.7 Å². The number of imidazole rings is 1. The van der Waals surface area contributed by atoms with Crippen LogP contribution in [0.15, 0.2) is 60.9 Å². The van der Waals surface area contributed by atoms with Gasteiger partial charge in [0.2, 0.25) is 0 Å². The second-order valence-electron chi connectivity index (χ2n) is 5.42. The largest absolute Gasteiger partial charge is 0.478 e. The van der Waals surface area contributed by atoms with Crippen LogP contribution in [0, 0.1) is 0 Å². The molecule has 0 fully saturated rings. The van der Waals surface area contributed by atoms with Crippen molar-refractivity contribution < 1.29 is 23.1 Å². The van der Waals surface area contributed by atoms with Gasteiger partial charge in [-0.2, -0.15) is 13.2 Å². The van der Waals surface area contributed by atoms with Gasteiger partial charge in [-0.15, -0.1) is 0 Å². The molecular weight excluding hydrogens is 333 g/mol. The maximum absolute atomic E-state index is 12.7. The number of hydrogen-bond acceptors (Lipinski definition) is 2. The van der Waals surface area contributed by atoms with Gasteiger partial charge in [-0.05, 0) is 23.8 Å². The van der Waals surface area contributed by atoms with E-state index in [2.05, 4.69) is 4.98 Å². The molecule has 7 heteroatoms. The lowest BCUT2D eigenvalue weighted by Gasteiger charge is -2.11. The summed E-state index contributed by atoms with van der Waals surface area (Å²) in [6.45, 7) is 0.249. The van der Waals surface area contributed by atoms with Gasteiger partial charge in [-0.3, -0.25) is 0 Å². The normalized spacial score (nSPS) is 11.5. The van der Waals surface area contributed by atoms with E-state index in [1.54, 1.807) is 29.0 Å². The highest BCUT2D eigenvalue weighted by atomic mass is 19.4. The van der Waals surface area contributed by atoms with E-state index in [4.69, 9.17) is 0 Å². The van der Waals surface area contributed by atoms with Crippen LogP contribution in [0.2, 0.25) is 0 Å². The molecule has 0 aliphatic rings. The maximum atomic E-state index is 12.7. The summed E-state index contributed by atoms with van der Waals surface area (Å²) in [7, 11) is 0. The Morgan fingerprint density at radius 3 is 2.40 bits per heavy atom. The second-order valence-corrected chi connectivity index (χ2v) is 5.42. The topological polar surface area (TPSA) is 55.1 Å². The fourth-order valence-corrected chi connectivity index (χ4v) is 2.56. The number of nitrogens with zero attached hydrogens (tertiary/aromatic N) is 2. The Morgan fingerprint density at radius 2 is 1.76 bits per heavy atom. The fraction of sp³-hybridized carbons (Fsp3) is 0.111. The van der Waals surface area contributed by atoms with Crippen LogP contribution in [0.3, 0.4) is 0 Å². The lowest BCUT2D eigenvalue weighted by molar-refractivity contribution is -0.137. The lowest BCUT2D eigenvalue weighted by Crippen LogP contribution is -2.08. The standard InChI is InChI=1S/C18H13F3N2O2/c19-18(20,21)14-7-5-12(6-8-14)16-22-9-10-23(16)11-13-3-1-2-4-15(13)17(24)25/h1-10H,11H2,(H,24,25). The molecule has 1 heterocycles. The fourth-order valence-electron chi connectivity index (χ4n) is 2.56. The van der Waals surface area contributed by atoms with Crippen LogP contribution in [0.4, 0.5) is 13.2 Å². The average Bonchev–Trinajstić information content (AvgIpc) is 3.02. The summed E-state index contributed by atoms with van der Waals surface area (Å²) in [6.07, 6.45) is -1.21. The molecule has 0 unspecified atom stereocenters. The van der Waals surface area contributed by atoms with Crippen molar-refractivity contribution in [1.29, 1.82) is 0 Å². The van der Waals surface area contributed by atoms with Crippen molar-refractivity contribution >= 4 is 5.97 Å². The van der Waals surface area contributed by atoms with E-state index in [-0.39, 0.29) is 12.1 Å². The van der Waals surface area contributed by atoms with Gasteiger partial charge in [0.25, 0.3) is 0 Å².